The standard InChI is InChI=1S/C10H5ClF3NO2/c11-3-5-1-7(9(16)17)6(4-15)2-8(5)10(12,13)14/h1-2H,3H2,(H,16,17). The molecule has 90 valence electrons. The van der Waals surface area contributed by atoms with Crippen LogP contribution in [-0.2, 0) is 12.1 Å². The average molecular weight is 264 g/mol. The Morgan fingerprint density at radius 3 is 2.41 bits per heavy atom. The number of hydrogen-bond acceptors (Lipinski definition) is 2. The number of alkyl halides is 4. The van der Waals surface area contributed by atoms with Crippen LogP contribution < -0.4 is 0 Å². The highest BCUT2D eigenvalue weighted by Gasteiger charge is 2.34. The SMILES string of the molecule is N#Cc1cc(C(F)(F)F)c(CCl)cc1C(=O)O. The molecule has 0 fully saturated rings. The maximum Gasteiger partial charge on any atom is 0.416 e. The van der Waals surface area contributed by atoms with Crippen LogP contribution in [0.4, 0.5) is 13.2 Å². The molecule has 3 nitrogen and oxygen atoms in total. The predicted octanol–water partition coefficient (Wildman–Crippen LogP) is 3.01. The molecule has 1 N–H and O–H groups in total. The molecule has 0 amide bonds. The van der Waals surface area contributed by atoms with E-state index in [9.17, 15) is 18.0 Å². The van der Waals surface area contributed by atoms with Crippen molar-refractivity contribution in [3.63, 3.8) is 0 Å². The summed E-state index contributed by atoms with van der Waals surface area (Å²) in [6.07, 6.45) is -4.67. The molecule has 0 aliphatic rings. The molecular weight excluding hydrogens is 259 g/mol. The summed E-state index contributed by atoms with van der Waals surface area (Å²) >= 11 is 5.33. The second-order valence-corrected chi connectivity index (χ2v) is 3.37. The number of carboxylic acids is 1. The maximum atomic E-state index is 12.6. The fraction of sp³-hybridized carbons (Fsp3) is 0.200. The first-order chi connectivity index (χ1) is 7.81. The third-order valence-corrected chi connectivity index (χ3v) is 2.33. The lowest BCUT2D eigenvalue weighted by Gasteiger charge is -2.12. The Kier molecular flexibility index (Phi) is 3.63. The van der Waals surface area contributed by atoms with Gasteiger partial charge in [0.05, 0.1) is 16.7 Å². The van der Waals surface area contributed by atoms with Crippen molar-refractivity contribution in [2.24, 2.45) is 0 Å². The van der Waals surface area contributed by atoms with Crippen LogP contribution in [0.25, 0.3) is 0 Å². The predicted molar refractivity (Wildman–Crippen MR) is 52.7 cm³/mol. The second kappa shape index (κ2) is 4.63. The molecule has 1 aromatic carbocycles. The highest BCUT2D eigenvalue weighted by Crippen LogP contribution is 2.34. The van der Waals surface area contributed by atoms with Crippen LogP contribution in [0.5, 0.6) is 0 Å². The van der Waals surface area contributed by atoms with E-state index >= 15 is 0 Å². The summed E-state index contributed by atoms with van der Waals surface area (Å²) in [7, 11) is 0. The molecule has 7 heteroatoms. The van der Waals surface area contributed by atoms with Gasteiger partial charge in [-0.2, -0.15) is 18.4 Å². The molecule has 17 heavy (non-hydrogen) atoms. The molecule has 0 unspecified atom stereocenters. The molecule has 1 rings (SSSR count). The number of aromatic carboxylic acids is 1. The van der Waals surface area contributed by atoms with Crippen molar-refractivity contribution in [2.75, 3.05) is 0 Å². The van der Waals surface area contributed by atoms with Gasteiger partial charge in [0.2, 0.25) is 0 Å². The van der Waals surface area contributed by atoms with Crippen molar-refractivity contribution in [1.82, 2.24) is 0 Å². The first kappa shape index (κ1) is 13.3. The maximum absolute atomic E-state index is 12.6. The summed E-state index contributed by atoms with van der Waals surface area (Å²) in [6, 6.07) is 2.69. The summed E-state index contributed by atoms with van der Waals surface area (Å²) in [5, 5.41) is 17.3. The number of rotatable bonds is 2. The molecule has 0 saturated heterocycles. The van der Waals surface area contributed by atoms with Gasteiger partial charge in [-0.25, -0.2) is 4.79 Å². The summed E-state index contributed by atoms with van der Waals surface area (Å²) < 4.78 is 37.7. The highest BCUT2D eigenvalue weighted by atomic mass is 35.5. The number of benzene rings is 1. The molecule has 0 spiro atoms. The number of carboxylic acid groups (broad SMARTS) is 1. The summed E-state index contributed by atoms with van der Waals surface area (Å²) in [5.41, 5.74) is -2.49. The topological polar surface area (TPSA) is 61.1 Å². The zero-order valence-corrected chi connectivity index (χ0v) is 8.93. The molecule has 0 atom stereocenters. The Morgan fingerprint density at radius 1 is 1.47 bits per heavy atom. The fourth-order valence-electron chi connectivity index (χ4n) is 1.29. The monoisotopic (exact) mass is 263 g/mol. The van der Waals surface area contributed by atoms with Crippen LogP contribution in [-0.4, -0.2) is 11.1 Å². The molecule has 0 radical (unpaired) electrons. The largest absolute Gasteiger partial charge is 0.478 e. The quantitative estimate of drug-likeness (QED) is 0.834. The number of nitriles is 1. The lowest BCUT2D eigenvalue weighted by Crippen LogP contribution is -2.12. The number of carbonyl (C=O) groups is 1. The number of nitrogens with zero attached hydrogens (tertiary/aromatic N) is 1. The lowest BCUT2D eigenvalue weighted by atomic mass is 9.99. The van der Waals surface area contributed by atoms with Gasteiger partial charge < -0.3 is 5.11 Å². The van der Waals surface area contributed by atoms with Gasteiger partial charge in [0, 0.05) is 5.88 Å². The Balaban J connectivity index is 3.56. The fourth-order valence-corrected chi connectivity index (χ4v) is 1.51. The number of halogens is 4. The van der Waals surface area contributed by atoms with E-state index in [2.05, 4.69) is 0 Å². The van der Waals surface area contributed by atoms with E-state index in [1.807, 2.05) is 0 Å². The van der Waals surface area contributed by atoms with Crippen molar-refractivity contribution in [1.29, 1.82) is 5.26 Å². The minimum absolute atomic E-state index is 0.365. The minimum atomic E-state index is -4.67. The molecule has 1 aromatic rings. The molecular formula is C10H5ClF3NO2. The van der Waals surface area contributed by atoms with Gasteiger partial charge in [-0.3, -0.25) is 0 Å². The van der Waals surface area contributed by atoms with Crippen molar-refractivity contribution in [2.45, 2.75) is 12.1 Å². The van der Waals surface area contributed by atoms with E-state index < -0.39 is 34.7 Å². The van der Waals surface area contributed by atoms with Gasteiger partial charge in [-0.1, -0.05) is 0 Å². The lowest BCUT2D eigenvalue weighted by molar-refractivity contribution is -0.138. The first-order valence-electron chi connectivity index (χ1n) is 4.24. The molecule has 0 aliphatic carbocycles. The second-order valence-electron chi connectivity index (χ2n) is 3.10. The van der Waals surface area contributed by atoms with Crippen LogP contribution >= 0.6 is 11.6 Å². The van der Waals surface area contributed by atoms with Crippen LogP contribution in [0.2, 0.25) is 0 Å². The third kappa shape index (κ3) is 2.68. The van der Waals surface area contributed by atoms with E-state index in [0.717, 1.165) is 6.07 Å². The number of hydrogen-bond donors (Lipinski definition) is 1. The highest BCUT2D eigenvalue weighted by molar-refractivity contribution is 6.17. The van der Waals surface area contributed by atoms with Crippen LogP contribution in [0.3, 0.4) is 0 Å². The van der Waals surface area contributed by atoms with Crippen LogP contribution in [0.1, 0.15) is 27.0 Å². The summed E-state index contributed by atoms with van der Waals surface area (Å²) in [5.74, 6) is -1.96. The Morgan fingerprint density at radius 2 is 2.06 bits per heavy atom. The van der Waals surface area contributed by atoms with Gasteiger partial charge in [0.25, 0.3) is 0 Å². The normalized spacial score (nSPS) is 11.0. The molecule has 0 aromatic heterocycles. The molecule has 0 saturated carbocycles. The van der Waals surface area contributed by atoms with E-state index in [1.54, 1.807) is 0 Å². The Hall–Kier alpha value is -1.74. The van der Waals surface area contributed by atoms with Gasteiger partial charge in [0.1, 0.15) is 6.07 Å². The van der Waals surface area contributed by atoms with Crippen LogP contribution in [0.15, 0.2) is 12.1 Å². The zero-order chi connectivity index (χ0) is 13.2. The minimum Gasteiger partial charge on any atom is -0.478 e. The molecule has 0 heterocycles. The molecule has 0 bridgehead atoms. The summed E-state index contributed by atoms with van der Waals surface area (Å²) in [6.45, 7) is 0. The first-order valence-corrected chi connectivity index (χ1v) is 4.78. The Labute approximate surface area is 99.0 Å². The van der Waals surface area contributed by atoms with Crippen molar-refractivity contribution in [3.05, 3.63) is 34.4 Å². The van der Waals surface area contributed by atoms with Crippen molar-refractivity contribution in [3.8, 4) is 6.07 Å². The van der Waals surface area contributed by atoms with E-state index in [4.69, 9.17) is 22.0 Å². The van der Waals surface area contributed by atoms with E-state index in [-0.39, 0.29) is 5.56 Å². The van der Waals surface area contributed by atoms with E-state index in [0.29, 0.717) is 6.07 Å². The zero-order valence-electron chi connectivity index (χ0n) is 8.18. The molecule has 0 aliphatic heterocycles. The third-order valence-electron chi connectivity index (χ3n) is 2.04. The van der Waals surface area contributed by atoms with Gasteiger partial charge in [-0.15, -0.1) is 11.6 Å². The van der Waals surface area contributed by atoms with Gasteiger partial charge >= 0.3 is 12.1 Å². The average Bonchev–Trinajstić information content (AvgIpc) is 2.25. The van der Waals surface area contributed by atoms with Gasteiger partial charge in [0.15, 0.2) is 0 Å². The van der Waals surface area contributed by atoms with Gasteiger partial charge in [-0.05, 0) is 17.7 Å². The van der Waals surface area contributed by atoms with Crippen LogP contribution in [0, 0.1) is 11.3 Å². The Bertz CT molecular complexity index is 505. The van der Waals surface area contributed by atoms with Crippen molar-refractivity contribution >= 4 is 17.6 Å². The smallest absolute Gasteiger partial charge is 0.416 e. The summed E-state index contributed by atoms with van der Waals surface area (Å²) in [4.78, 5) is 10.7. The van der Waals surface area contributed by atoms with Crippen molar-refractivity contribution < 1.29 is 23.1 Å². The van der Waals surface area contributed by atoms with E-state index in [1.165, 1.54) is 6.07 Å².